The third-order valence-corrected chi connectivity index (χ3v) is 5.46. The van der Waals surface area contributed by atoms with Crippen LogP contribution in [0, 0.1) is 0 Å². The predicted octanol–water partition coefficient (Wildman–Crippen LogP) is 3.65. The van der Waals surface area contributed by atoms with Crippen LogP contribution >= 0.6 is 23.2 Å². The molecule has 3 aromatic rings. The Bertz CT molecular complexity index is 1110. The van der Waals surface area contributed by atoms with E-state index in [1.165, 1.54) is 4.68 Å². The maximum atomic E-state index is 12.8. The first-order chi connectivity index (χ1) is 14.5. The van der Waals surface area contributed by atoms with Gasteiger partial charge in [0.2, 0.25) is 12.3 Å². The average Bonchev–Trinajstić information content (AvgIpc) is 3.07. The van der Waals surface area contributed by atoms with Gasteiger partial charge in [-0.2, -0.15) is 0 Å². The van der Waals surface area contributed by atoms with Crippen LogP contribution in [0.4, 0.5) is 0 Å². The number of nitrogens with one attached hydrogen (secondary N) is 1. The van der Waals surface area contributed by atoms with E-state index in [1.807, 2.05) is 36.4 Å². The summed E-state index contributed by atoms with van der Waals surface area (Å²) in [6.07, 6.45) is 1.63. The summed E-state index contributed by atoms with van der Waals surface area (Å²) in [5.41, 5.74) is 1.84. The molecule has 30 heavy (non-hydrogen) atoms. The molecule has 7 heteroatoms. The Morgan fingerprint density at radius 3 is 2.17 bits per heavy atom. The zero-order valence-electron chi connectivity index (χ0n) is 15.7. The smallest absolute Gasteiger partial charge is 0.252 e. The van der Waals surface area contributed by atoms with Gasteiger partial charge in [0.25, 0.3) is 5.91 Å². The topological polar surface area (TPSA) is 67.5 Å². The number of nitrogens with zero attached hydrogens (tertiary/aromatic N) is 2. The van der Waals surface area contributed by atoms with Crippen molar-refractivity contribution in [1.29, 1.82) is 0 Å². The molecule has 0 bridgehead atoms. The summed E-state index contributed by atoms with van der Waals surface area (Å²) in [7, 11) is 0. The summed E-state index contributed by atoms with van der Waals surface area (Å²) in [6, 6.07) is 21.9. The standard InChI is InChI=1S/C23H17Cl2N3O2/c24-18-12-7-13-19(25)17(18)14-28-21(15-8-3-1-4-9-15)20(23(30)27-28)26-22(29)16-10-5-2-6-11-16/h1-14,20-21H,(H-,26,27,29,30)/b28-14-/t20-,21-/m1/s1. The van der Waals surface area contributed by atoms with Crippen molar-refractivity contribution >= 4 is 41.2 Å². The Hall–Kier alpha value is -3.15. The lowest BCUT2D eigenvalue weighted by molar-refractivity contribution is -0.565. The molecule has 1 N–H and O–H groups in total. The van der Waals surface area contributed by atoms with Gasteiger partial charge in [-0.1, -0.05) is 82.5 Å². The second-order valence-corrected chi connectivity index (χ2v) is 7.57. The zero-order valence-corrected chi connectivity index (χ0v) is 17.2. The number of hydrogen-bond acceptors (Lipinski definition) is 3. The Balaban J connectivity index is 1.75. The number of halogens is 2. The molecular weight excluding hydrogens is 421 g/mol. The number of carbonyl (C=O) groups is 1. The zero-order chi connectivity index (χ0) is 21.1. The number of amides is 1. The summed E-state index contributed by atoms with van der Waals surface area (Å²) >= 11 is 12.6. The number of benzene rings is 3. The van der Waals surface area contributed by atoms with Crippen molar-refractivity contribution in [2.45, 2.75) is 12.1 Å². The van der Waals surface area contributed by atoms with E-state index < -0.39 is 18.0 Å². The first kappa shape index (κ1) is 20.1. The summed E-state index contributed by atoms with van der Waals surface area (Å²) in [6.45, 7) is 0. The lowest BCUT2D eigenvalue weighted by atomic mass is 9.99. The fourth-order valence-corrected chi connectivity index (χ4v) is 3.85. The monoisotopic (exact) mass is 437 g/mol. The number of hydrazone groups is 1. The van der Waals surface area contributed by atoms with Crippen LogP contribution < -0.4 is 10.4 Å². The normalized spacial score (nSPS) is 19.5. The predicted molar refractivity (Wildman–Crippen MR) is 116 cm³/mol. The van der Waals surface area contributed by atoms with E-state index >= 15 is 0 Å². The SMILES string of the molecule is O=C(N[C@H]1C([O-])=N/[N+](=C\c2c(Cl)cccc2Cl)[C@@H]1c1ccccc1)c1ccccc1. The minimum atomic E-state index is -0.863. The molecule has 4 rings (SSSR count). The van der Waals surface area contributed by atoms with Crippen LogP contribution in [0.15, 0.2) is 84.0 Å². The largest absolute Gasteiger partial charge is 0.856 e. The molecule has 0 unspecified atom stereocenters. The molecule has 150 valence electrons. The Kier molecular flexibility index (Phi) is 5.84. The van der Waals surface area contributed by atoms with Gasteiger partial charge in [0.15, 0.2) is 0 Å². The second kappa shape index (κ2) is 8.69. The van der Waals surface area contributed by atoms with Gasteiger partial charge in [0.1, 0.15) is 6.04 Å². The van der Waals surface area contributed by atoms with E-state index in [0.717, 1.165) is 5.56 Å². The molecule has 0 aliphatic carbocycles. The van der Waals surface area contributed by atoms with Crippen molar-refractivity contribution in [2.75, 3.05) is 0 Å². The molecule has 0 fully saturated rings. The van der Waals surface area contributed by atoms with E-state index in [-0.39, 0.29) is 5.91 Å². The van der Waals surface area contributed by atoms with Gasteiger partial charge in [-0.3, -0.25) is 4.79 Å². The molecule has 1 aliphatic rings. The molecule has 5 nitrogen and oxygen atoms in total. The van der Waals surface area contributed by atoms with Crippen molar-refractivity contribution in [1.82, 2.24) is 5.32 Å². The summed E-state index contributed by atoms with van der Waals surface area (Å²) < 4.78 is 1.51. The summed E-state index contributed by atoms with van der Waals surface area (Å²) in [5.74, 6) is -0.796. The molecule has 0 spiro atoms. The lowest BCUT2D eigenvalue weighted by Crippen LogP contribution is -2.47. The van der Waals surface area contributed by atoms with Crippen molar-refractivity contribution in [3.05, 3.63) is 106 Å². The fraction of sp³-hybridized carbons (Fsp3) is 0.0870. The lowest BCUT2D eigenvalue weighted by Gasteiger charge is -2.20. The molecule has 1 aliphatic heterocycles. The Morgan fingerprint density at radius 2 is 1.53 bits per heavy atom. The molecule has 0 radical (unpaired) electrons. The van der Waals surface area contributed by atoms with Crippen molar-refractivity contribution in [2.24, 2.45) is 5.10 Å². The first-order valence-electron chi connectivity index (χ1n) is 9.28. The van der Waals surface area contributed by atoms with E-state index in [9.17, 15) is 9.90 Å². The van der Waals surface area contributed by atoms with Gasteiger partial charge < -0.3 is 10.4 Å². The maximum absolute atomic E-state index is 12.8. The van der Waals surface area contributed by atoms with Crippen LogP contribution in [0.1, 0.15) is 27.5 Å². The third kappa shape index (κ3) is 4.08. The van der Waals surface area contributed by atoms with Crippen LogP contribution in [0.5, 0.6) is 0 Å². The second-order valence-electron chi connectivity index (χ2n) is 6.76. The molecule has 2 atom stereocenters. The molecule has 0 aromatic heterocycles. The molecule has 1 amide bonds. The summed E-state index contributed by atoms with van der Waals surface area (Å²) in [4.78, 5) is 12.7. The van der Waals surface area contributed by atoms with Crippen LogP contribution in [0.3, 0.4) is 0 Å². The van der Waals surface area contributed by atoms with E-state index in [1.54, 1.807) is 48.7 Å². The highest BCUT2D eigenvalue weighted by Gasteiger charge is 2.41. The highest BCUT2D eigenvalue weighted by Crippen LogP contribution is 2.29. The Labute approximate surface area is 183 Å². The third-order valence-electron chi connectivity index (χ3n) is 4.81. The summed E-state index contributed by atoms with van der Waals surface area (Å²) in [5, 5.41) is 20.7. The molecule has 0 saturated carbocycles. The van der Waals surface area contributed by atoms with Gasteiger partial charge in [-0.25, -0.2) is 0 Å². The highest BCUT2D eigenvalue weighted by molar-refractivity contribution is 6.38. The highest BCUT2D eigenvalue weighted by atomic mass is 35.5. The van der Waals surface area contributed by atoms with Gasteiger partial charge in [0.05, 0.1) is 21.5 Å². The van der Waals surface area contributed by atoms with E-state index in [4.69, 9.17) is 23.2 Å². The van der Waals surface area contributed by atoms with Crippen molar-refractivity contribution < 1.29 is 14.6 Å². The van der Waals surface area contributed by atoms with Gasteiger partial charge in [-0.15, -0.1) is 0 Å². The minimum Gasteiger partial charge on any atom is -0.856 e. The number of carbonyl (C=O) groups excluding carboxylic acids is 1. The van der Waals surface area contributed by atoms with Crippen molar-refractivity contribution in [3.8, 4) is 0 Å². The number of rotatable bonds is 4. The minimum absolute atomic E-state index is 0.345. The van der Waals surface area contributed by atoms with Gasteiger partial charge in [0, 0.05) is 11.1 Å². The Morgan fingerprint density at radius 1 is 0.933 bits per heavy atom. The molecular formula is C23H17Cl2N3O2. The van der Waals surface area contributed by atoms with Gasteiger partial charge >= 0.3 is 0 Å². The van der Waals surface area contributed by atoms with E-state index in [2.05, 4.69) is 10.4 Å². The average molecular weight is 438 g/mol. The first-order valence-corrected chi connectivity index (χ1v) is 10.0. The number of hydrogen-bond donors (Lipinski definition) is 1. The van der Waals surface area contributed by atoms with Crippen molar-refractivity contribution in [3.63, 3.8) is 0 Å². The van der Waals surface area contributed by atoms with Crippen LogP contribution in [0.25, 0.3) is 0 Å². The quantitative estimate of drug-likeness (QED) is 0.632. The van der Waals surface area contributed by atoms with E-state index in [0.29, 0.717) is 21.2 Å². The molecule has 0 saturated heterocycles. The van der Waals surface area contributed by atoms with Crippen LogP contribution in [0.2, 0.25) is 10.0 Å². The molecule has 3 aromatic carbocycles. The fourth-order valence-electron chi connectivity index (χ4n) is 3.35. The molecule has 1 heterocycles. The van der Waals surface area contributed by atoms with Crippen LogP contribution in [-0.2, 0) is 0 Å². The van der Waals surface area contributed by atoms with Crippen LogP contribution in [-0.4, -0.2) is 28.7 Å². The van der Waals surface area contributed by atoms with Gasteiger partial charge in [-0.05, 0) is 29.4 Å². The maximum Gasteiger partial charge on any atom is 0.252 e.